The number of nitrogen functional groups attached to an aromatic ring is 1. The van der Waals surface area contributed by atoms with Crippen LogP contribution >= 0.6 is 11.3 Å². The summed E-state index contributed by atoms with van der Waals surface area (Å²) in [6.07, 6.45) is 1.76. The highest BCUT2D eigenvalue weighted by molar-refractivity contribution is 7.88. The van der Waals surface area contributed by atoms with Crippen molar-refractivity contribution in [2.24, 2.45) is 0 Å². The summed E-state index contributed by atoms with van der Waals surface area (Å²) in [5, 5.41) is 1.23. The number of thiophene rings is 1. The number of pyridine rings is 1. The van der Waals surface area contributed by atoms with Crippen molar-refractivity contribution in [2.75, 3.05) is 69.4 Å². The van der Waals surface area contributed by atoms with Crippen LogP contribution in [0.1, 0.15) is 4.88 Å². The molecule has 0 saturated carbocycles. The van der Waals surface area contributed by atoms with Crippen LogP contribution in [-0.2, 0) is 22.6 Å². The van der Waals surface area contributed by atoms with Crippen LogP contribution in [0.4, 0.5) is 11.5 Å². The Balaban J connectivity index is 1.46. The number of anilines is 2. The van der Waals surface area contributed by atoms with Gasteiger partial charge in [0.25, 0.3) is 0 Å². The lowest BCUT2D eigenvalue weighted by atomic mass is 10.1. The third kappa shape index (κ3) is 4.73. The average molecular weight is 472 g/mol. The standard InChI is InChI=1S/C23H29N5O2S2/c1-32(29)28-7-5-26(6-8-28)16-20-14-18-15-21(17-3-2-4-19(24)13-17)25-23(22(18)31-20)27-9-11-30-12-10-27/h2-4,13-15H,5-12,16,24H2,1H3. The molecule has 2 saturated heterocycles. The molecule has 2 aromatic heterocycles. The maximum Gasteiger partial charge on any atom is 0.147 e. The molecule has 5 rings (SSSR count). The molecule has 0 spiro atoms. The normalized spacial score (nSPS) is 19.5. The fourth-order valence-electron chi connectivity index (χ4n) is 4.36. The number of ether oxygens (including phenoxy) is 1. The zero-order valence-electron chi connectivity index (χ0n) is 18.3. The lowest BCUT2D eigenvalue weighted by Crippen LogP contribution is -2.47. The highest BCUT2D eigenvalue weighted by Crippen LogP contribution is 2.37. The number of piperazine rings is 1. The molecule has 1 unspecified atom stereocenters. The van der Waals surface area contributed by atoms with Crippen molar-refractivity contribution >= 4 is 44.3 Å². The topological polar surface area (TPSA) is 80.9 Å². The van der Waals surface area contributed by atoms with E-state index >= 15 is 0 Å². The Morgan fingerprint density at radius 2 is 1.88 bits per heavy atom. The van der Waals surface area contributed by atoms with Crippen molar-refractivity contribution in [2.45, 2.75) is 6.54 Å². The van der Waals surface area contributed by atoms with Crippen molar-refractivity contribution in [1.82, 2.24) is 14.2 Å². The molecule has 2 fully saturated rings. The second-order valence-electron chi connectivity index (χ2n) is 8.32. The number of hydrogen-bond acceptors (Lipinski definition) is 8. The molecular weight excluding hydrogens is 442 g/mol. The lowest BCUT2D eigenvalue weighted by Gasteiger charge is -2.32. The zero-order valence-corrected chi connectivity index (χ0v) is 20.0. The molecule has 2 N–H and O–H groups in total. The predicted octanol–water partition coefficient (Wildman–Crippen LogP) is 2.79. The first-order chi connectivity index (χ1) is 15.6. The van der Waals surface area contributed by atoms with Crippen LogP contribution in [0.15, 0.2) is 36.4 Å². The number of morpholine rings is 1. The van der Waals surface area contributed by atoms with Gasteiger partial charge in [-0.25, -0.2) is 4.98 Å². The van der Waals surface area contributed by atoms with E-state index in [4.69, 9.17) is 15.5 Å². The summed E-state index contributed by atoms with van der Waals surface area (Å²) in [5.74, 6) is 1.05. The summed E-state index contributed by atoms with van der Waals surface area (Å²) in [5.41, 5.74) is 8.78. The van der Waals surface area contributed by atoms with E-state index in [0.29, 0.717) is 0 Å². The summed E-state index contributed by atoms with van der Waals surface area (Å²) in [4.78, 5) is 11.2. The molecule has 3 aromatic rings. The number of aromatic nitrogens is 1. The molecule has 32 heavy (non-hydrogen) atoms. The molecule has 0 radical (unpaired) electrons. The van der Waals surface area contributed by atoms with Crippen molar-refractivity contribution < 1.29 is 9.29 Å². The number of rotatable bonds is 5. The van der Waals surface area contributed by atoms with Crippen molar-refractivity contribution in [3.05, 3.63) is 41.3 Å². The van der Waals surface area contributed by atoms with E-state index in [9.17, 15) is 4.55 Å². The number of fused-ring (bicyclic) bond motifs is 1. The fraction of sp³-hybridized carbons (Fsp3) is 0.435. The average Bonchev–Trinajstić information content (AvgIpc) is 3.21. The number of benzene rings is 1. The molecule has 170 valence electrons. The monoisotopic (exact) mass is 471 g/mol. The predicted molar refractivity (Wildman–Crippen MR) is 133 cm³/mol. The molecule has 0 aliphatic carbocycles. The van der Waals surface area contributed by atoms with Crippen molar-refractivity contribution in [3.8, 4) is 11.3 Å². The first-order valence-corrected chi connectivity index (χ1v) is 13.3. The summed E-state index contributed by atoms with van der Waals surface area (Å²) >= 11 is 0.962. The van der Waals surface area contributed by atoms with Crippen LogP contribution in [0, 0.1) is 0 Å². The lowest BCUT2D eigenvalue weighted by molar-refractivity contribution is 0.122. The second kappa shape index (κ2) is 9.54. The Hall–Kier alpha value is -1.88. The summed E-state index contributed by atoms with van der Waals surface area (Å²) < 4.78 is 20.6. The Bertz CT molecular complexity index is 1080. The number of hydrogen-bond donors (Lipinski definition) is 1. The molecule has 1 atom stereocenters. The molecule has 1 aromatic carbocycles. The minimum atomic E-state index is -0.878. The van der Waals surface area contributed by atoms with Gasteiger partial charge < -0.3 is 19.9 Å². The van der Waals surface area contributed by atoms with Gasteiger partial charge in [0.2, 0.25) is 0 Å². The smallest absolute Gasteiger partial charge is 0.147 e. The largest absolute Gasteiger partial charge is 0.598 e. The van der Waals surface area contributed by atoms with Crippen LogP contribution in [0.3, 0.4) is 0 Å². The molecule has 7 nitrogen and oxygen atoms in total. The Labute approximate surface area is 196 Å². The van der Waals surface area contributed by atoms with Gasteiger partial charge in [-0.3, -0.25) is 4.90 Å². The van der Waals surface area contributed by atoms with E-state index in [1.165, 1.54) is 15.0 Å². The minimum absolute atomic E-state index is 0.729. The second-order valence-corrected chi connectivity index (χ2v) is 10.8. The van der Waals surface area contributed by atoms with E-state index in [-0.39, 0.29) is 0 Å². The van der Waals surface area contributed by atoms with Crippen molar-refractivity contribution in [1.29, 1.82) is 0 Å². The van der Waals surface area contributed by atoms with Gasteiger partial charge in [-0.2, -0.15) is 0 Å². The van der Waals surface area contributed by atoms with Gasteiger partial charge in [-0.1, -0.05) is 12.1 Å². The first-order valence-electron chi connectivity index (χ1n) is 11.0. The van der Waals surface area contributed by atoms with Gasteiger partial charge in [0.15, 0.2) is 0 Å². The molecule has 4 heterocycles. The van der Waals surface area contributed by atoms with Gasteiger partial charge in [0.1, 0.15) is 12.1 Å². The SMILES string of the molecule is C[S+]([O-])N1CCN(Cc2cc3cc(-c4cccc(N)c4)nc(N4CCOCC4)c3s2)CC1. The van der Waals surface area contributed by atoms with Crippen LogP contribution in [0.2, 0.25) is 0 Å². The van der Waals surface area contributed by atoms with Crippen LogP contribution in [0.25, 0.3) is 21.3 Å². The molecule has 0 amide bonds. The minimum Gasteiger partial charge on any atom is -0.598 e. The molecular formula is C23H29N5O2S2. The fourth-order valence-corrected chi connectivity index (χ4v) is 6.24. The molecule has 2 aliphatic heterocycles. The number of nitrogens with two attached hydrogens (primary N) is 1. The maximum absolute atomic E-state index is 11.7. The molecule has 9 heteroatoms. The van der Waals surface area contributed by atoms with Crippen LogP contribution in [0.5, 0.6) is 0 Å². The Kier molecular flexibility index (Phi) is 6.54. The van der Waals surface area contributed by atoms with Crippen molar-refractivity contribution in [3.63, 3.8) is 0 Å². The van der Waals surface area contributed by atoms with E-state index < -0.39 is 11.4 Å². The summed E-state index contributed by atoms with van der Waals surface area (Å²) in [6, 6.07) is 12.4. The van der Waals surface area contributed by atoms with E-state index in [2.05, 4.69) is 28.0 Å². The third-order valence-corrected chi connectivity index (χ3v) is 8.32. The first kappa shape index (κ1) is 21.9. The zero-order chi connectivity index (χ0) is 22.1. The highest BCUT2D eigenvalue weighted by Gasteiger charge is 2.24. The highest BCUT2D eigenvalue weighted by atomic mass is 32.2. The van der Waals surface area contributed by atoms with Gasteiger partial charge in [0.05, 0.1) is 36.7 Å². The maximum atomic E-state index is 11.7. The van der Waals surface area contributed by atoms with Gasteiger partial charge in [-0.15, -0.1) is 15.6 Å². The van der Waals surface area contributed by atoms with E-state index in [1.54, 1.807) is 6.26 Å². The van der Waals surface area contributed by atoms with E-state index in [0.717, 1.165) is 81.8 Å². The van der Waals surface area contributed by atoms with Gasteiger partial charge in [0, 0.05) is 60.2 Å². The summed E-state index contributed by atoms with van der Waals surface area (Å²) in [7, 11) is 0. The van der Waals surface area contributed by atoms with Crippen LogP contribution in [-0.4, -0.2) is 77.5 Å². The van der Waals surface area contributed by atoms with E-state index in [1.807, 2.05) is 33.8 Å². The van der Waals surface area contributed by atoms with Gasteiger partial charge >= 0.3 is 0 Å². The third-order valence-electron chi connectivity index (χ3n) is 6.10. The Morgan fingerprint density at radius 1 is 1.09 bits per heavy atom. The molecule has 0 bridgehead atoms. The molecule has 2 aliphatic rings. The van der Waals surface area contributed by atoms with Gasteiger partial charge in [-0.05, 0) is 29.7 Å². The Morgan fingerprint density at radius 3 is 2.59 bits per heavy atom. The number of nitrogens with zero attached hydrogens (tertiary/aromatic N) is 4. The van der Waals surface area contributed by atoms with Crippen LogP contribution < -0.4 is 10.6 Å². The quantitative estimate of drug-likeness (QED) is 0.453. The summed E-state index contributed by atoms with van der Waals surface area (Å²) in [6.45, 7) is 7.67.